The minimum Gasteiger partial charge on any atom is -0.325 e. The molecule has 1 unspecified atom stereocenters. The molecule has 0 bridgehead atoms. The van der Waals surface area contributed by atoms with Gasteiger partial charge in [-0.25, -0.2) is 0 Å². The van der Waals surface area contributed by atoms with Crippen molar-refractivity contribution in [3.63, 3.8) is 0 Å². The van der Waals surface area contributed by atoms with Crippen LogP contribution in [0.25, 0.3) is 6.08 Å². The van der Waals surface area contributed by atoms with Gasteiger partial charge in [0.2, 0.25) is 5.91 Å². The number of nitrogens with one attached hydrogen (secondary N) is 3. The lowest BCUT2D eigenvalue weighted by Gasteiger charge is -2.18. The molecule has 5 rings (SSSR count). The molecule has 212 valence electrons. The van der Waals surface area contributed by atoms with Crippen molar-refractivity contribution in [1.29, 1.82) is 0 Å². The predicted octanol–water partition coefficient (Wildman–Crippen LogP) is 6.96. The van der Waals surface area contributed by atoms with Gasteiger partial charge in [0.05, 0.1) is 0 Å². The van der Waals surface area contributed by atoms with E-state index < -0.39 is 17.1 Å². The average molecular weight is 585 g/mol. The maximum Gasteiger partial charge on any atom is 0.272 e. The molecule has 3 amide bonds. The van der Waals surface area contributed by atoms with E-state index >= 15 is 0 Å². The zero-order chi connectivity index (χ0) is 29.9. The normalized spacial score (nSPS) is 11.7. The first kappa shape index (κ1) is 29.0. The van der Waals surface area contributed by atoms with Crippen LogP contribution in [0.1, 0.15) is 26.7 Å². The second-order valence-electron chi connectivity index (χ2n) is 9.40. The van der Waals surface area contributed by atoms with Crippen molar-refractivity contribution >= 4 is 46.9 Å². The molecular formula is C35H28N4O3S. The zero-order valence-corrected chi connectivity index (χ0v) is 23.8. The number of aromatic nitrogens is 1. The zero-order valence-electron chi connectivity index (χ0n) is 23.0. The number of benzene rings is 4. The first-order valence-corrected chi connectivity index (χ1v) is 14.4. The third-order valence-corrected chi connectivity index (χ3v) is 7.52. The third kappa shape index (κ3) is 8.28. The van der Waals surface area contributed by atoms with Gasteiger partial charge in [-0.15, -0.1) is 11.8 Å². The number of pyridine rings is 1. The van der Waals surface area contributed by atoms with Crippen molar-refractivity contribution in [3.05, 3.63) is 162 Å². The van der Waals surface area contributed by atoms with Crippen molar-refractivity contribution < 1.29 is 14.4 Å². The number of anilines is 2. The number of carbonyl (C=O) groups is 3. The number of thioether (sulfide) groups is 1. The quantitative estimate of drug-likeness (QED) is 0.122. The molecule has 4 aromatic carbocycles. The van der Waals surface area contributed by atoms with E-state index in [0.29, 0.717) is 16.9 Å². The Kier molecular flexibility index (Phi) is 9.74. The van der Waals surface area contributed by atoms with E-state index in [-0.39, 0.29) is 11.6 Å². The molecule has 0 saturated carbocycles. The van der Waals surface area contributed by atoms with Crippen LogP contribution < -0.4 is 16.0 Å². The highest BCUT2D eigenvalue weighted by atomic mass is 32.2. The molecule has 0 saturated heterocycles. The second kappa shape index (κ2) is 14.4. The van der Waals surface area contributed by atoms with E-state index in [2.05, 4.69) is 20.9 Å². The van der Waals surface area contributed by atoms with Crippen LogP contribution in [0.4, 0.5) is 11.4 Å². The van der Waals surface area contributed by atoms with Crippen molar-refractivity contribution in [2.75, 3.05) is 10.6 Å². The lowest BCUT2D eigenvalue weighted by molar-refractivity contribution is -0.116. The van der Waals surface area contributed by atoms with E-state index in [0.717, 1.165) is 16.0 Å². The minimum atomic E-state index is -0.556. The molecule has 43 heavy (non-hydrogen) atoms. The van der Waals surface area contributed by atoms with Gasteiger partial charge in [0.25, 0.3) is 11.8 Å². The summed E-state index contributed by atoms with van der Waals surface area (Å²) in [5, 5.41) is 8.06. The van der Waals surface area contributed by atoms with E-state index in [9.17, 15) is 14.4 Å². The van der Waals surface area contributed by atoms with Crippen LogP contribution in [-0.2, 0) is 9.59 Å². The van der Waals surface area contributed by atoms with Crippen LogP contribution in [0.5, 0.6) is 0 Å². The number of carbonyl (C=O) groups excluding carboxylic acids is 3. The monoisotopic (exact) mass is 584 g/mol. The van der Waals surface area contributed by atoms with E-state index in [1.54, 1.807) is 67.0 Å². The largest absolute Gasteiger partial charge is 0.325 e. The molecule has 3 N–H and O–H groups in total. The maximum atomic E-state index is 13.5. The highest BCUT2D eigenvalue weighted by molar-refractivity contribution is 8.00. The molecule has 8 heteroatoms. The van der Waals surface area contributed by atoms with Gasteiger partial charge < -0.3 is 16.0 Å². The molecule has 1 aromatic heterocycles. The Morgan fingerprint density at radius 1 is 0.674 bits per heavy atom. The Labute approximate surface area is 254 Å². The van der Waals surface area contributed by atoms with Crippen molar-refractivity contribution in [2.24, 2.45) is 0 Å². The van der Waals surface area contributed by atoms with Gasteiger partial charge in [-0.05, 0) is 59.7 Å². The highest BCUT2D eigenvalue weighted by Crippen LogP contribution is 2.37. The van der Waals surface area contributed by atoms with Gasteiger partial charge in [-0.3, -0.25) is 19.4 Å². The minimum absolute atomic E-state index is 0.0944. The van der Waals surface area contributed by atoms with E-state index in [1.165, 1.54) is 11.8 Å². The summed E-state index contributed by atoms with van der Waals surface area (Å²) in [6.45, 7) is 0. The SMILES string of the molecule is O=C(Nc1cccc(SC(C(=O)Nc2ccncc2)c2ccccc2)c1)/C(=C/c1ccccc1)NC(=O)c1ccccc1. The second-order valence-corrected chi connectivity index (χ2v) is 10.6. The van der Waals surface area contributed by atoms with Crippen LogP contribution in [0.15, 0.2) is 150 Å². The summed E-state index contributed by atoms with van der Waals surface area (Å²) < 4.78 is 0. The Hall–Kier alpha value is -5.47. The highest BCUT2D eigenvalue weighted by Gasteiger charge is 2.23. The number of nitrogens with zero attached hydrogens (tertiary/aromatic N) is 1. The van der Waals surface area contributed by atoms with Crippen molar-refractivity contribution in [2.45, 2.75) is 10.1 Å². The summed E-state index contributed by atoms with van der Waals surface area (Å²) in [5.41, 5.74) is 3.30. The van der Waals surface area contributed by atoms with Gasteiger partial charge in [0, 0.05) is 34.2 Å². The van der Waals surface area contributed by atoms with Gasteiger partial charge in [-0.1, -0.05) is 84.9 Å². The maximum absolute atomic E-state index is 13.5. The summed E-state index contributed by atoms with van der Waals surface area (Å²) in [5.74, 6) is -1.06. The number of rotatable bonds is 10. The molecule has 0 fully saturated rings. The molecule has 1 heterocycles. The lowest BCUT2D eigenvalue weighted by Crippen LogP contribution is -2.30. The Balaban J connectivity index is 1.36. The Morgan fingerprint density at radius 2 is 1.33 bits per heavy atom. The van der Waals surface area contributed by atoms with Crippen LogP contribution in [0.2, 0.25) is 0 Å². The van der Waals surface area contributed by atoms with Gasteiger partial charge in [0.1, 0.15) is 10.9 Å². The topological polar surface area (TPSA) is 100 Å². The van der Waals surface area contributed by atoms with E-state index in [4.69, 9.17) is 0 Å². The summed E-state index contributed by atoms with van der Waals surface area (Å²) >= 11 is 1.37. The summed E-state index contributed by atoms with van der Waals surface area (Å²) in [4.78, 5) is 44.6. The van der Waals surface area contributed by atoms with E-state index in [1.807, 2.05) is 78.9 Å². The van der Waals surface area contributed by atoms with Crippen LogP contribution in [-0.4, -0.2) is 22.7 Å². The fourth-order valence-corrected chi connectivity index (χ4v) is 5.27. The lowest BCUT2D eigenvalue weighted by atomic mass is 10.1. The standard InChI is InChI=1S/C35H28N4O3S/c40-33(27-15-8-3-9-16-27)39-31(23-25-11-4-1-5-12-25)34(41)38-29-17-10-18-30(24-29)43-32(26-13-6-2-7-14-26)35(42)37-28-19-21-36-22-20-28/h1-24,32H,(H,38,41)(H,39,40)(H,36,37,42)/b31-23-. The number of amides is 3. The molecule has 0 radical (unpaired) electrons. The summed E-state index contributed by atoms with van der Waals surface area (Å²) in [7, 11) is 0. The molecule has 1 atom stereocenters. The average Bonchev–Trinajstić information content (AvgIpc) is 3.05. The predicted molar refractivity (Wildman–Crippen MR) is 171 cm³/mol. The fourth-order valence-electron chi connectivity index (χ4n) is 4.18. The fraction of sp³-hybridized carbons (Fsp3) is 0.0286. The van der Waals surface area contributed by atoms with Gasteiger partial charge in [0.15, 0.2) is 0 Å². The smallest absolute Gasteiger partial charge is 0.272 e. The van der Waals surface area contributed by atoms with Gasteiger partial charge >= 0.3 is 0 Å². The van der Waals surface area contributed by atoms with Crippen molar-refractivity contribution in [3.8, 4) is 0 Å². The first-order chi connectivity index (χ1) is 21.0. The summed E-state index contributed by atoms with van der Waals surface area (Å²) in [6.07, 6.45) is 4.87. The van der Waals surface area contributed by atoms with Crippen LogP contribution >= 0.6 is 11.8 Å². The first-order valence-electron chi connectivity index (χ1n) is 13.5. The van der Waals surface area contributed by atoms with Gasteiger partial charge in [-0.2, -0.15) is 0 Å². The molecule has 0 aliphatic heterocycles. The van der Waals surface area contributed by atoms with Crippen LogP contribution in [0, 0.1) is 0 Å². The third-order valence-electron chi connectivity index (χ3n) is 6.27. The molecule has 0 aliphatic carbocycles. The Bertz CT molecular complexity index is 1710. The molecule has 5 aromatic rings. The van der Waals surface area contributed by atoms with Crippen molar-refractivity contribution in [1.82, 2.24) is 10.3 Å². The van der Waals surface area contributed by atoms with Crippen LogP contribution in [0.3, 0.4) is 0 Å². The number of hydrogen-bond donors (Lipinski definition) is 3. The molecular weight excluding hydrogens is 556 g/mol. The molecule has 0 aliphatic rings. The molecule has 0 spiro atoms. The molecule has 7 nitrogen and oxygen atoms in total. The summed E-state index contributed by atoms with van der Waals surface area (Å²) in [6, 6.07) is 38.2. The number of hydrogen-bond acceptors (Lipinski definition) is 5. The Morgan fingerprint density at radius 3 is 2.02 bits per heavy atom.